The molecule has 2 aromatic rings. The van der Waals surface area contributed by atoms with Crippen molar-refractivity contribution in [2.75, 3.05) is 0 Å². The van der Waals surface area contributed by atoms with E-state index < -0.39 is 11.6 Å². The Morgan fingerprint density at radius 3 is 2.40 bits per heavy atom. The summed E-state index contributed by atoms with van der Waals surface area (Å²) in [4.78, 5) is 0. The Morgan fingerprint density at radius 1 is 1.33 bits per heavy atom. The molecule has 1 heterocycles. The molecule has 2 rings (SSSR count). The van der Waals surface area contributed by atoms with Crippen LogP contribution in [0.2, 0.25) is 0 Å². The Balaban J connectivity index is 2.74. The molecule has 1 aromatic carbocycles. The van der Waals surface area contributed by atoms with E-state index in [2.05, 4.69) is 31.5 Å². The number of aromatic amines is 1. The van der Waals surface area contributed by atoms with Crippen LogP contribution in [0.15, 0.2) is 16.6 Å². The minimum atomic E-state index is -0.760. The van der Waals surface area contributed by atoms with Gasteiger partial charge in [-0.2, -0.15) is 5.21 Å². The lowest BCUT2D eigenvalue weighted by atomic mass is 10.3. The zero-order valence-corrected chi connectivity index (χ0v) is 9.44. The number of hydrogen-bond donors (Lipinski definition) is 1. The number of tetrazole rings is 1. The van der Waals surface area contributed by atoms with E-state index in [1.54, 1.807) is 0 Å². The van der Waals surface area contributed by atoms with E-state index in [0.717, 1.165) is 16.8 Å². The molecule has 0 aliphatic rings. The van der Waals surface area contributed by atoms with Crippen molar-refractivity contribution in [2.45, 2.75) is 0 Å². The fraction of sp³-hybridized carbons (Fsp3) is 0. The van der Waals surface area contributed by atoms with E-state index in [1.165, 1.54) is 0 Å². The highest BCUT2D eigenvalue weighted by atomic mass is 79.9. The maximum absolute atomic E-state index is 13.4. The number of benzene rings is 1. The van der Waals surface area contributed by atoms with Crippen LogP contribution in [-0.2, 0) is 0 Å². The smallest absolute Gasteiger partial charge is 0.204 e. The van der Waals surface area contributed by atoms with Gasteiger partial charge in [0.15, 0.2) is 11.6 Å². The third-order valence-corrected chi connectivity index (χ3v) is 2.40. The molecule has 0 aliphatic carbocycles. The molecule has 4 nitrogen and oxygen atoms in total. The van der Waals surface area contributed by atoms with Crippen LogP contribution in [0.3, 0.4) is 0 Å². The van der Waals surface area contributed by atoms with Gasteiger partial charge in [-0.05, 0) is 24.4 Å². The molecule has 0 aliphatic heterocycles. The van der Waals surface area contributed by atoms with E-state index in [9.17, 15) is 8.78 Å². The molecule has 0 saturated heterocycles. The molecular weight excluding hydrogens is 290 g/mol. The van der Waals surface area contributed by atoms with Crippen LogP contribution >= 0.6 is 28.1 Å². The zero-order valence-electron chi connectivity index (χ0n) is 7.04. The summed E-state index contributed by atoms with van der Waals surface area (Å²) in [5.41, 5.74) is -0.326. The van der Waals surface area contributed by atoms with Crippen LogP contribution in [0.5, 0.6) is 0 Å². The molecule has 1 aromatic heterocycles. The number of halogens is 3. The number of aromatic nitrogens is 4. The highest BCUT2D eigenvalue weighted by Gasteiger charge is 2.14. The molecule has 15 heavy (non-hydrogen) atoms. The summed E-state index contributed by atoms with van der Waals surface area (Å²) in [6.07, 6.45) is 0. The molecular formula is C7H3BrF2N4S. The molecule has 0 fully saturated rings. The zero-order chi connectivity index (χ0) is 11.0. The van der Waals surface area contributed by atoms with Crippen LogP contribution in [0.4, 0.5) is 8.78 Å². The van der Waals surface area contributed by atoms with E-state index in [4.69, 9.17) is 12.2 Å². The van der Waals surface area contributed by atoms with Gasteiger partial charge in [0.2, 0.25) is 4.77 Å². The van der Waals surface area contributed by atoms with Crippen LogP contribution < -0.4 is 0 Å². The van der Waals surface area contributed by atoms with E-state index >= 15 is 0 Å². The summed E-state index contributed by atoms with van der Waals surface area (Å²) in [5.74, 6) is -1.52. The molecule has 0 saturated carbocycles. The van der Waals surface area contributed by atoms with Gasteiger partial charge < -0.3 is 0 Å². The first kappa shape index (κ1) is 10.4. The van der Waals surface area contributed by atoms with Crippen molar-refractivity contribution in [3.05, 3.63) is 33.0 Å². The Kier molecular flexibility index (Phi) is 2.61. The Bertz CT molecular complexity index is 541. The summed E-state index contributed by atoms with van der Waals surface area (Å²) >= 11 is 7.70. The molecule has 0 atom stereocenters. The standard InChI is InChI=1S/C7H3BrF2N4S/c8-3-1-4(9)6(5(10)2-3)14-7(15)11-12-13-14/h1-2H,(H,11,13,15). The fourth-order valence-electron chi connectivity index (χ4n) is 1.09. The minimum absolute atomic E-state index is 0.0462. The van der Waals surface area contributed by atoms with Gasteiger partial charge in [-0.3, -0.25) is 0 Å². The summed E-state index contributed by atoms with van der Waals surface area (Å²) in [5, 5.41) is 9.05. The van der Waals surface area contributed by atoms with Gasteiger partial charge >= 0.3 is 0 Å². The summed E-state index contributed by atoms with van der Waals surface area (Å²) in [6, 6.07) is 2.25. The van der Waals surface area contributed by atoms with Crippen molar-refractivity contribution < 1.29 is 8.78 Å². The molecule has 8 heteroatoms. The average Bonchev–Trinajstić information content (AvgIpc) is 2.50. The quantitative estimate of drug-likeness (QED) is 0.821. The van der Waals surface area contributed by atoms with Crippen LogP contribution in [-0.4, -0.2) is 20.2 Å². The van der Waals surface area contributed by atoms with Gasteiger partial charge in [0.25, 0.3) is 0 Å². The van der Waals surface area contributed by atoms with E-state index in [0.29, 0.717) is 4.47 Å². The normalized spacial score (nSPS) is 10.6. The van der Waals surface area contributed by atoms with Gasteiger partial charge in [0, 0.05) is 4.47 Å². The largest absolute Gasteiger partial charge is 0.243 e. The number of rotatable bonds is 1. The van der Waals surface area contributed by atoms with Crippen LogP contribution in [0, 0.1) is 16.4 Å². The van der Waals surface area contributed by atoms with Crippen molar-refractivity contribution in [1.29, 1.82) is 0 Å². The van der Waals surface area contributed by atoms with Gasteiger partial charge in [0.05, 0.1) is 0 Å². The van der Waals surface area contributed by atoms with Crippen molar-refractivity contribution in [3.8, 4) is 5.69 Å². The summed E-state index contributed by atoms with van der Waals surface area (Å²) < 4.78 is 28.1. The lowest BCUT2D eigenvalue weighted by Gasteiger charge is -2.04. The van der Waals surface area contributed by atoms with Crippen molar-refractivity contribution in [1.82, 2.24) is 20.2 Å². The molecule has 0 radical (unpaired) electrons. The molecule has 0 unspecified atom stereocenters. The highest BCUT2D eigenvalue weighted by molar-refractivity contribution is 9.10. The maximum atomic E-state index is 13.4. The Labute approximate surface area is 96.0 Å². The first-order chi connectivity index (χ1) is 7.09. The molecule has 78 valence electrons. The van der Waals surface area contributed by atoms with E-state index in [-0.39, 0.29) is 10.5 Å². The highest BCUT2D eigenvalue weighted by Crippen LogP contribution is 2.21. The van der Waals surface area contributed by atoms with Crippen LogP contribution in [0.1, 0.15) is 0 Å². The molecule has 0 spiro atoms. The van der Waals surface area contributed by atoms with Crippen molar-refractivity contribution >= 4 is 28.1 Å². The lowest BCUT2D eigenvalue weighted by Crippen LogP contribution is -2.03. The van der Waals surface area contributed by atoms with Gasteiger partial charge in [-0.15, -0.1) is 0 Å². The lowest BCUT2D eigenvalue weighted by molar-refractivity contribution is 0.554. The number of H-pyrrole nitrogens is 1. The molecule has 0 amide bonds. The predicted molar refractivity (Wildman–Crippen MR) is 54.2 cm³/mol. The first-order valence-corrected chi connectivity index (χ1v) is 4.95. The summed E-state index contributed by atoms with van der Waals surface area (Å²) in [7, 11) is 0. The third-order valence-electron chi connectivity index (χ3n) is 1.68. The van der Waals surface area contributed by atoms with Crippen LogP contribution in [0.25, 0.3) is 5.69 Å². The maximum Gasteiger partial charge on any atom is 0.243 e. The first-order valence-electron chi connectivity index (χ1n) is 3.74. The second-order valence-electron chi connectivity index (χ2n) is 2.64. The number of nitrogens with zero attached hydrogens (tertiary/aromatic N) is 3. The van der Waals surface area contributed by atoms with Gasteiger partial charge in [-0.1, -0.05) is 26.2 Å². The SMILES string of the molecule is Fc1cc(Br)cc(F)c1-n1[nH]nnc1=S. The Morgan fingerprint density at radius 2 is 1.93 bits per heavy atom. The topological polar surface area (TPSA) is 46.5 Å². The van der Waals surface area contributed by atoms with Gasteiger partial charge in [0.1, 0.15) is 5.69 Å². The molecule has 1 N–H and O–H groups in total. The second kappa shape index (κ2) is 3.78. The monoisotopic (exact) mass is 292 g/mol. The van der Waals surface area contributed by atoms with Gasteiger partial charge in [-0.25, -0.2) is 13.5 Å². The van der Waals surface area contributed by atoms with Crippen molar-refractivity contribution in [3.63, 3.8) is 0 Å². The fourth-order valence-corrected chi connectivity index (χ4v) is 1.67. The average molecular weight is 293 g/mol. The summed E-state index contributed by atoms with van der Waals surface area (Å²) in [6.45, 7) is 0. The predicted octanol–water partition coefficient (Wildman–Crippen LogP) is 2.37. The number of hydrogen-bond acceptors (Lipinski definition) is 3. The second-order valence-corrected chi connectivity index (χ2v) is 3.92. The number of nitrogens with one attached hydrogen (secondary N) is 1. The van der Waals surface area contributed by atoms with Crippen molar-refractivity contribution in [2.24, 2.45) is 0 Å². The third kappa shape index (κ3) is 1.82. The Hall–Kier alpha value is -1.15. The van der Waals surface area contributed by atoms with E-state index in [1.807, 2.05) is 0 Å². The molecule has 0 bridgehead atoms. The minimum Gasteiger partial charge on any atom is -0.204 e.